The molecule has 6 nitrogen and oxygen atoms in total. The van der Waals surface area contributed by atoms with E-state index in [4.69, 9.17) is 34.8 Å². The Morgan fingerprint density at radius 1 is 0.725 bits per heavy atom. The van der Waals surface area contributed by atoms with Crippen molar-refractivity contribution in [2.75, 3.05) is 10.2 Å². The number of carbonyl (C=O) groups excluding carboxylic acids is 3. The van der Waals surface area contributed by atoms with Crippen LogP contribution in [-0.4, -0.2) is 22.6 Å². The first-order valence-electron chi connectivity index (χ1n) is 12.3. The van der Waals surface area contributed by atoms with Crippen molar-refractivity contribution in [3.05, 3.63) is 141 Å². The highest BCUT2D eigenvalue weighted by molar-refractivity contribution is 6.54. The van der Waals surface area contributed by atoms with Crippen molar-refractivity contribution >= 4 is 63.9 Å². The summed E-state index contributed by atoms with van der Waals surface area (Å²) < 4.78 is 0. The van der Waals surface area contributed by atoms with Crippen LogP contribution in [0.2, 0.25) is 10.0 Å². The zero-order valence-electron chi connectivity index (χ0n) is 21.0. The zero-order chi connectivity index (χ0) is 28.2. The molecule has 5 rings (SSSR count). The third-order valence-corrected chi connectivity index (χ3v) is 7.46. The monoisotopic (exact) mass is 589 g/mol. The van der Waals surface area contributed by atoms with E-state index < -0.39 is 11.8 Å². The smallest absolute Gasteiger partial charge is 0.283 e. The number of carbonyl (C=O) groups is 3. The van der Waals surface area contributed by atoms with Crippen LogP contribution in [-0.2, 0) is 22.7 Å². The lowest BCUT2D eigenvalue weighted by atomic mass is 10.1. The molecule has 0 fully saturated rings. The van der Waals surface area contributed by atoms with Crippen LogP contribution in [0.1, 0.15) is 21.5 Å². The Kier molecular flexibility index (Phi) is 8.21. The molecule has 1 heterocycles. The lowest BCUT2D eigenvalue weighted by molar-refractivity contribution is -0.120. The Morgan fingerprint density at radius 3 is 1.95 bits per heavy atom. The number of rotatable bonds is 8. The lowest BCUT2D eigenvalue weighted by Crippen LogP contribution is -2.32. The predicted molar refractivity (Wildman–Crippen MR) is 158 cm³/mol. The van der Waals surface area contributed by atoms with E-state index in [0.717, 1.165) is 16.0 Å². The van der Waals surface area contributed by atoms with Crippen LogP contribution >= 0.6 is 34.8 Å². The molecule has 0 unspecified atom stereocenters. The fraction of sp³-hybridized carbons (Fsp3) is 0.0645. The first-order valence-corrected chi connectivity index (χ1v) is 13.4. The topological polar surface area (TPSA) is 69.7 Å². The molecular formula is C31H22Cl3N3O3. The number of nitrogens with zero attached hydrogens (tertiary/aromatic N) is 2. The molecule has 40 heavy (non-hydrogen) atoms. The summed E-state index contributed by atoms with van der Waals surface area (Å²) in [6.45, 7) is 0.817. The number of imide groups is 1. The Labute approximate surface area is 246 Å². The summed E-state index contributed by atoms with van der Waals surface area (Å²) in [5, 5.41) is 2.88. The number of halogens is 3. The Balaban J connectivity index is 1.40. The fourth-order valence-corrected chi connectivity index (χ4v) is 4.95. The molecule has 9 heteroatoms. The minimum absolute atomic E-state index is 0.0566. The maximum Gasteiger partial charge on any atom is 0.283 e. The molecule has 4 aromatic rings. The summed E-state index contributed by atoms with van der Waals surface area (Å²) in [6.07, 6.45) is 0. The highest BCUT2D eigenvalue weighted by Crippen LogP contribution is 2.37. The van der Waals surface area contributed by atoms with Crippen molar-refractivity contribution in [3.63, 3.8) is 0 Å². The largest absolute Gasteiger partial charge is 0.350 e. The number of nitrogens with one attached hydrogen (secondary N) is 1. The van der Waals surface area contributed by atoms with Crippen molar-refractivity contribution in [1.82, 2.24) is 4.90 Å². The van der Waals surface area contributed by atoms with E-state index in [1.807, 2.05) is 60.7 Å². The third kappa shape index (κ3) is 5.75. The lowest BCUT2D eigenvalue weighted by Gasteiger charge is -2.23. The average Bonchev–Trinajstić information content (AvgIpc) is 3.18. The highest BCUT2D eigenvalue weighted by atomic mass is 35.5. The van der Waals surface area contributed by atoms with Crippen LogP contribution in [0.5, 0.6) is 0 Å². The number of hydrogen-bond acceptors (Lipinski definition) is 4. The summed E-state index contributed by atoms with van der Waals surface area (Å²) in [4.78, 5) is 42.5. The minimum Gasteiger partial charge on any atom is -0.350 e. The van der Waals surface area contributed by atoms with Crippen LogP contribution in [0.25, 0.3) is 0 Å². The van der Waals surface area contributed by atoms with Crippen molar-refractivity contribution in [1.29, 1.82) is 0 Å². The van der Waals surface area contributed by atoms with Gasteiger partial charge < -0.3 is 10.2 Å². The minimum atomic E-state index is -0.734. The summed E-state index contributed by atoms with van der Waals surface area (Å²) in [6, 6.07) is 30.8. The van der Waals surface area contributed by atoms with E-state index in [1.54, 1.807) is 41.3 Å². The van der Waals surface area contributed by atoms with Crippen LogP contribution in [0.3, 0.4) is 0 Å². The molecule has 0 aromatic heterocycles. The van der Waals surface area contributed by atoms with Crippen molar-refractivity contribution in [2.24, 2.45) is 0 Å². The van der Waals surface area contributed by atoms with Gasteiger partial charge in [-0.15, -0.1) is 0 Å². The zero-order valence-corrected chi connectivity index (χ0v) is 23.3. The first-order chi connectivity index (χ1) is 19.3. The van der Waals surface area contributed by atoms with Gasteiger partial charge in [0, 0.05) is 24.3 Å². The van der Waals surface area contributed by atoms with Crippen LogP contribution in [0.15, 0.2) is 114 Å². The number of anilines is 2. The Hall–Kier alpha value is -4.10. The molecule has 1 aliphatic heterocycles. The summed E-state index contributed by atoms with van der Waals surface area (Å²) in [5.41, 5.74) is 2.80. The van der Waals surface area contributed by atoms with Gasteiger partial charge in [-0.05, 0) is 41.5 Å². The molecule has 0 radical (unpaired) electrons. The van der Waals surface area contributed by atoms with E-state index >= 15 is 0 Å². The van der Waals surface area contributed by atoms with Crippen LogP contribution in [0, 0.1) is 0 Å². The third-order valence-electron chi connectivity index (χ3n) is 6.30. The normalized spacial score (nSPS) is 13.1. The highest BCUT2D eigenvalue weighted by Gasteiger charge is 2.40. The van der Waals surface area contributed by atoms with Gasteiger partial charge in [0.1, 0.15) is 10.7 Å². The van der Waals surface area contributed by atoms with Gasteiger partial charge in [0.15, 0.2) is 0 Å². The molecule has 0 atom stereocenters. The van der Waals surface area contributed by atoms with Gasteiger partial charge in [0.25, 0.3) is 17.7 Å². The van der Waals surface area contributed by atoms with E-state index in [1.165, 1.54) is 6.07 Å². The first kappa shape index (κ1) is 27.5. The summed E-state index contributed by atoms with van der Waals surface area (Å²) in [7, 11) is 0. The summed E-state index contributed by atoms with van der Waals surface area (Å²) in [5.74, 6) is -1.62. The van der Waals surface area contributed by atoms with E-state index in [-0.39, 0.29) is 32.4 Å². The Bertz CT molecular complexity index is 1580. The second kappa shape index (κ2) is 12.0. The second-order valence-corrected chi connectivity index (χ2v) is 10.2. The number of benzene rings is 4. The molecule has 0 saturated carbocycles. The average molecular weight is 591 g/mol. The van der Waals surface area contributed by atoms with Crippen molar-refractivity contribution < 1.29 is 14.4 Å². The van der Waals surface area contributed by atoms with Crippen molar-refractivity contribution in [3.8, 4) is 0 Å². The van der Waals surface area contributed by atoms with Crippen LogP contribution < -0.4 is 10.2 Å². The molecule has 200 valence electrons. The Morgan fingerprint density at radius 2 is 1.32 bits per heavy atom. The van der Waals surface area contributed by atoms with Crippen LogP contribution in [0.4, 0.5) is 11.4 Å². The van der Waals surface area contributed by atoms with Gasteiger partial charge in [0.2, 0.25) is 0 Å². The van der Waals surface area contributed by atoms with E-state index in [9.17, 15) is 14.4 Å². The molecule has 1 N–H and O–H groups in total. The van der Waals surface area contributed by atoms with Gasteiger partial charge in [0.05, 0.1) is 15.7 Å². The van der Waals surface area contributed by atoms with E-state index in [0.29, 0.717) is 24.3 Å². The maximum absolute atomic E-state index is 13.7. The molecule has 1 aliphatic rings. The standard InChI is InChI=1S/C31H22Cl3N3O3/c32-24-15-8-16-25(26(24)33)37-30(39)27(34)28(31(37)40)35-23-14-7-13-22(17-23)29(38)36(18-20-9-3-1-4-10-20)19-21-11-5-2-6-12-21/h1-17,35H,18-19H2. The molecule has 3 amide bonds. The maximum atomic E-state index is 13.7. The molecule has 0 saturated heterocycles. The molecule has 0 aliphatic carbocycles. The van der Waals surface area contributed by atoms with Gasteiger partial charge in [-0.3, -0.25) is 14.4 Å². The second-order valence-electron chi connectivity index (χ2n) is 9.05. The molecule has 4 aromatic carbocycles. The number of amides is 3. The fourth-order valence-electron chi connectivity index (χ4n) is 4.36. The van der Waals surface area contributed by atoms with Gasteiger partial charge in [-0.2, -0.15) is 0 Å². The molecule has 0 bridgehead atoms. The summed E-state index contributed by atoms with van der Waals surface area (Å²) >= 11 is 18.6. The van der Waals surface area contributed by atoms with Gasteiger partial charge in [-0.1, -0.05) is 108 Å². The molecular weight excluding hydrogens is 569 g/mol. The van der Waals surface area contributed by atoms with Gasteiger partial charge >= 0.3 is 0 Å². The van der Waals surface area contributed by atoms with Crippen molar-refractivity contribution in [2.45, 2.75) is 13.1 Å². The predicted octanol–water partition coefficient (Wildman–Crippen LogP) is 7.27. The quantitative estimate of drug-likeness (QED) is 0.219. The van der Waals surface area contributed by atoms with Gasteiger partial charge in [-0.25, -0.2) is 4.90 Å². The molecule has 0 spiro atoms. The SMILES string of the molecule is O=C(c1cccc(NC2=C(Cl)C(=O)N(c3cccc(Cl)c3Cl)C2=O)c1)N(Cc1ccccc1)Cc1ccccc1. The van der Waals surface area contributed by atoms with E-state index in [2.05, 4.69) is 5.32 Å². The number of hydrogen-bond donors (Lipinski definition) is 1.